The summed E-state index contributed by atoms with van der Waals surface area (Å²) in [6.07, 6.45) is 0.796. The second kappa shape index (κ2) is 4.52. The molecule has 4 nitrogen and oxygen atoms in total. The van der Waals surface area contributed by atoms with E-state index in [0.717, 1.165) is 17.7 Å². The van der Waals surface area contributed by atoms with Crippen molar-refractivity contribution >= 4 is 5.71 Å². The number of rotatable bonds is 2. The quantitative estimate of drug-likeness (QED) is 0.757. The Labute approximate surface area is 107 Å². The van der Waals surface area contributed by atoms with Gasteiger partial charge in [0.2, 0.25) is 5.71 Å². The van der Waals surface area contributed by atoms with Gasteiger partial charge < -0.3 is 9.57 Å². The fourth-order valence-corrected chi connectivity index (χ4v) is 2.30. The van der Waals surface area contributed by atoms with Gasteiger partial charge in [-0.2, -0.15) is 0 Å². The van der Waals surface area contributed by atoms with Crippen LogP contribution in [0.25, 0.3) is 0 Å². The summed E-state index contributed by atoms with van der Waals surface area (Å²) < 4.78 is 5.14. The van der Waals surface area contributed by atoms with Crippen LogP contribution in [-0.2, 0) is 4.84 Å². The lowest BCUT2D eigenvalue weighted by Gasteiger charge is -2.35. The molecule has 0 saturated heterocycles. The Balaban J connectivity index is 2.33. The molecule has 1 heterocycles. The van der Waals surface area contributed by atoms with Crippen LogP contribution < -0.4 is 4.74 Å². The molecule has 1 atom stereocenters. The average molecular weight is 249 g/mol. The first-order valence-electron chi connectivity index (χ1n) is 6.07. The first-order valence-corrected chi connectivity index (χ1v) is 6.07. The predicted molar refractivity (Wildman–Crippen MR) is 69.8 cm³/mol. The molecule has 1 aromatic carbocycles. The van der Waals surface area contributed by atoms with Crippen molar-refractivity contribution in [1.82, 2.24) is 0 Å². The number of hydrogen-bond acceptors (Lipinski definition) is 3. The number of benzene rings is 1. The van der Waals surface area contributed by atoms with Crippen LogP contribution in [0.5, 0.6) is 5.75 Å². The highest BCUT2D eigenvalue weighted by Gasteiger charge is 2.36. The van der Waals surface area contributed by atoms with Gasteiger partial charge in [-0.3, -0.25) is 5.21 Å². The Hall–Kier alpha value is -1.71. The molecule has 1 aromatic rings. The van der Waals surface area contributed by atoms with Gasteiger partial charge in [-0.25, -0.2) is 0 Å². The first-order chi connectivity index (χ1) is 8.43. The van der Waals surface area contributed by atoms with E-state index in [1.54, 1.807) is 7.11 Å². The second-order valence-electron chi connectivity index (χ2n) is 5.28. The minimum absolute atomic E-state index is 0.0946. The molecule has 0 amide bonds. The Morgan fingerprint density at radius 2 is 1.94 bits per heavy atom. The van der Waals surface area contributed by atoms with Gasteiger partial charge in [0.25, 0.3) is 0 Å². The van der Waals surface area contributed by atoms with Gasteiger partial charge in [-0.05, 0) is 38.0 Å². The van der Waals surface area contributed by atoms with Crippen molar-refractivity contribution in [3.8, 4) is 5.75 Å². The summed E-state index contributed by atoms with van der Waals surface area (Å²) >= 11 is 0. The number of nitrogens with zero attached hydrogens (tertiary/aromatic N) is 1. The van der Waals surface area contributed by atoms with Gasteiger partial charge >= 0.3 is 0 Å². The summed E-state index contributed by atoms with van der Waals surface area (Å²) in [6, 6.07) is 7.84. The molecular weight excluding hydrogens is 230 g/mol. The molecule has 98 valence electrons. The summed E-state index contributed by atoms with van der Waals surface area (Å²) in [5.74, 6) is 0.916. The minimum Gasteiger partial charge on any atom is -0.497 e. The third kappa shape index (κ3) is 2.42. The molecule has 0 aliphatic carbocycles. The SMILES string of the molecule is COc1ccc(C2CC(C)(C)O[N+]([O-])=C2C)cc1. The summed E-state index contributed by atoms with van der Waals surface area (Å²) in [5, 5.41) is 11.7. The van der Waals surface area contributed by atoms with Gasteiger partial charge in [0.1, 0.15) is 5.75 Å². The van der Waals surface area contributed by atoms with Crippen molar-refractivity contribution in [2.24, 2.45) is 0 Å². The molecule has 0 saturated carbocycles. The van der Waals surface area contributed by atoms with Crippen LogP contribution in [0.3, 0.4) is 0 Å². The Morgan fingerprint density at radius 1 is 1.33 bits per heavy atom. The molecule has 1 aliphatic heterocycles. The van der Waals surface area contributed by atoms with E-state index in [0.29, 0.717) is 10.6 Å². The van der Waals surface area contributed by atoms with Gasteiger partial charge in [-0.1, -0.05) is 12.1 Å². The highest BCUT2D eigenvalue weighted by molar-refractivity contribution is 5.84. The Kier molecular flexibility index (Phi) is 3.20. The van der Waals surface area contributed by atoms with E-state index in [4.69, 9.17) is 9.57 Å². The van der Waals surface area contributed by atoms with E-state index in [1.165, 1.54) is 0 Å². The van der Waals surface area contributed by atoms with Crippen LogP contribution in [0.1, 0.15) is 38.7 Å². The van der Waals surface area contributed by atoms with Crippen molar-refractivity contribution in [2.75, 3.05) is 7.11 Å². The third-order valence-electron chi connectivity index (χ3n) is 3.34. The van der Waals surface area contributed by atoms with Gasteiger partial charge in [0.15, 0.2) is 0 Å². The van der Waals surface area contributed by atoms with E-state index in [2.05, 4.69) is 0 Å². The van der Waals surface area contributed by atoms with Crippen LogP contribution in [0, 0.1) is 5.21 Å². The van der Waals surface area contributed by atoms with Crippen molar-refractivity contribution in [2.45, 2.75) is 38.7 Å². The van der Waals surface area contributed by atoms with Gasteiger partial charge in [0.05, 0.1) is 18.6 Å². The maximum Gasteiger partial charge on any atom is 0.226 e. The molecule has 0 bridgehead atoms. The molecule has 0 spiro atoms. The highest BCUT2D eigenvalue weighted by atomic mass is 16.9. The number of hydrogen-bond donors (Lipinski definition) is 0. The molecule has 4 heteroatoms. The molecule has 2 rings (SSSR count). The second-order valence-corrected chi connectivity index (χ2v) is 5.28. The van der Waals surface area contributed by atoms with E-state index in [9.17, 15) is 5.21 Å². The normalized spacial score (nSPS) is 22.6. The zero-order chi connectivity index (χ0) is 13.3. The lowest BCUT2D eigenvalue weighted by atomic mass is 9.84. The van der Waals surface area contributed by atoms with Crippen molar-refractivity contribution < 1.29 is 14.5 Å². The van der Waals surface area contributed by atoms with Crippen molar-refractivity contribution in [1.29, 1.82) is 0 Å². The minimum atomic E-state index is -0.439. The lowest BCUT2D eigenvalue weighted by Crippen LogP contribution is -2.40. The summed E-state index contributed by atoms with van der Waals surface area (Å²) in [7, 11) is 1.64. The van der Waals surface area contributed by atoms with E-state index >= 15 is 0 Å². The maximum absolute atomic E-state index is 11.7. The number of ether oxygens (including phenoxy) is 1. The van der Waals surface area contributed by atoms with Crippen LogP contribution in [-0.4, -0.2) is 23.3 Å². The molecule has 0 radical (unpaired) electrons. The van der Waals surface area contributed by atoms with E-state index in [1.807, 2.05) is 45.0 Å². The molecular formula is C14H19NO3. The number of methoxy groups -OCH3 is 1. The molecule has 18 heavy (non-hydrogen) atoms. The molecule has 0 N–H and O–H groups in total. The van der Waals surface area contributed by atoms with Crippen LogP contribution in [0.15, 0.2) is 24.3 Å². The fourth-order valence-electron chi connectivity index (χ4n) is 2.30. The highest BCUT2D eigenvalue weighted by Crippen LogP contribution is 2.34. The molecule has 1 unspecified atom stereocenters. The topological polar surface area (TPSA) is 44.5 Å². The molecule has 0 fully saturated rings. The first kappa shape index (κ1) is 12.7. The van der Waals surface area contributed by atoms with Crippen LogP contribution in [0.4, 0.5) is 0 Å². The third-order valence-corrected chi connectivity index (χ3v) is 3.34. The summed E-state index contributed by atoms with van der Waals surface area (Å²) in [6.45, 7) is 5.68. The van der Waals surface area contributed by atoms with E-state index < -0.39 is 5.60 Å². The van der Waals surface area contributed by atoms with Crippen molar-refractivity contribution in [3.63, 3.8) is 0 Å². The van der Waals surface area contributed by atoms with Crippen LogP contribution in [0.2, 0.25) is 0 Å². The average Bonchev–Trinajstić information content (AvgIpc) is 2.33. The zero-order valence-electron chi connectivity index (χ0n) is 11.3. The van der Waals surface area contributed by atoms with Crippen molar-refractivity contribution in [3.05, 3.63) is 35.0 Å². The van der Waals surface area contributed by atoms with E-state index in [-0.39, 0.29) is 5.92 Å². The summed E-state index contributed by atoms with van der Waals surface area (Å²) in [4.78, 5) is 5.95. The maximum atomic E-state index is 11.7. The predicted octanol–water partition coefficient (Wildman–Crippen LogP) is 2.86. The Bertz CT molecular complexity index is 462. The monoisotopic (exact) mass is 249 g/mol. The standard InChI is InChI=1S/C14H19NO3/c1-10-13(9-14(2,3)18-15(10)16)11-5-7-12(17-4)8-6-11/h5-8,13H,9H2,1-4H3. The van der Waals surface area contributed by atoms with Crippen LogP contribution >= 0.6 is 0 Å². The zero-order valence-corrected chi connectivity index (χ0v) is 11.3. The summed E-state index contributed by atoms with van der Waals surface area (Å²) in [5.41, 5.74) is 1.37. The molecule has 0 aromatic heterocycles. The van der Waals surface area contributed by atoms with Gasteiger partial charge in [-0.15, -0.1) is 0 Å². The van der Waals surface area contributed by atoms with Gasteiger partial charge in [0, 0.05) is 11.8 Å². The smallest absolute Gasteiger partial charge is 0.226 e. The largest absolute Gasteiger partial charge is 0.497 e. The molecule has 1 aliphatic rings. The fraction of sp³-hybridized carbons (Fsp3) is 0.500. The lowest BCUT2D eigenvalue weighted by molar-refractivity contribution is -0.770. The Morgan fingerprint density at radius 3 is 2.50 bits per heavy atom.